The topological polar surface area (TPSA) is 38.7 Å². The molecule has 1 atom stereocenters. The van der Waals surface area contributed by atoms with E-state index in [-0.39, 0.29) is 0 Å². The lowest BCUT2D eigenvalue weighted by atomic mass is 9.91. The Hall–Kier alpha value is -1.36. The van der Waals surface area contributed by atoms with Crippen molar-refractivity contribution in [1.29, 1.82) is 0 Å². The number of ether oxygens (including phenoxy) is 2. The van der Waals surface area contributed by atoms with Crippen LogP contribution in [0.4, 0.5) is 0 Å². The maximum Gasteiger partial charge on any atom is 0.125 e. The van der Waals surface area contributed by atoms with Crippen molar-refractivity contribution in [2.45, 2.75) is 19.4 Å². The van der Waals surface area contributed by atoms with Crippen molar-refractivity contribution < 1.29 is 14.6 Å². The fourth-order valence-corrected chi connectivity index (χ4v) is 3.22. The maximum absolute atomic E-state index is 11.0. The first-order chi connectivity index (χ1) is 9.57. The number of thiophene rings is 1. The van der Waals surface area contributed by atoms with Crippen LogP contribution in [-0.4, -0.2) is 25.4 Å². The van der Waals surface area contributed by atoms with Crippen LogP contribution < -0.4 is 4.74 Å². The molecule has 0 radical (unpaired) electrons. The molecule has 0 aliphatic carbocycles. The summed E-state index contributed by atoms with van der Waals surface area (Å²) in [5.41, 5.74) is 0.815. The first kappa shape index (κ1) is 15.0. The average molecular weight is 292 g/mol. The molecule has 4 heteroatoms. The Labute approximate surface area is 123 Å². The van der Waals surface area contributed by atoms with Gasteiger partial charge in [0.1, 0.15) is 18.0 Å². The van der Waals surface area contributed by atoms with Gasteiger partial charge in [-0.2, -0.15) is 0 Å². The molecule has 0 saturated heterocycles. The minimum absolute atomic E-state index is 0.465. The normalized spacial score (nSPS) is 14.0. The van der Waals surface area contributed by atoms with Gasteiger partial charge in [-0.25, -0.2) is 0 Å². The van der Waals surface area contributed by atoms with Gasteiger partial charge in [0.05, 0.1) is 6.61 Å². The zero-order valence-electron chi connectivity index (χ0n) is 12.1. The van der Waals surface area contributed by atoms with Crippen molar-refractivity contribution in [3.05, 3.63) is 51.7 Å². The summed E-state index contributed by atoms with van der Waals surface area (Å²) >= 11 is 1.56. The van der Waals surface area contributed by atoms with E-state index in [2.05, 4.69) is 0 Å². The zero-order chi connectivity index (χ0) is 14.6. The fraction of sp³-hybridized carbons (Fsp3) is 0.375. The Kier molecular flexibility index (Phi) is 4.81. The van der Waals surface area contributed by atoms with Crippen LogP contribution in [0.25, 0.3) is 0 Å². The van der Waals surface area contributed by atoms with Gasteiger partial charge in [-0.05, 0) is 36.9 Å². The lowest BCUT2D eigenvalue weighted by Crippen LogP contribution is -2.23. The molecule has 0 fully saturated rings. The quantitative estimate of drug-likeness (QED) is 0.830. The number of hydrogen-bond acceptors (Lipinski definition) is 4. The smallest absolute Gasteiger partial charge is 0.125 e. The van der Waals surface area contributed by atoms with Gasteiger partial charge >= 0.3 is 0 Å². The maximum atomic E-state index is 11.0. The van der Waals surface area contributed by atoms with E-state index in [0.29, 0.717) is 19.0 Å². The fourth-order valence-electron chi connectivity index (χ4n) is 2.22. The second-order valence-electron chi connectivity index (χ2n) is 4.84. The summed E-state index contributed by atoms with van der Waals surface area (Å²) in [5.74, 6) is 0.697. The van der Waals surface area contributed by atoms with Gasteiger partial charge in [0.2, 0.25) is 0 Å². The molecule has 20 heavy (non-hydrogen) atoms. The van der Waals surface area contributed by atoms with Crippen LogP contribution in [0.1, 0.15) is 22.9 Å². The van der Waals surface area contributed by atoms with Crippen LogP contribution in [0.2, 0.25) is 0 Å². The highest BCUT2D eigenvalue weighted by Crippen LogP contribution is 2.39. The van der Waals surface area contributed by atoms with Crippen molar-refractivity contribution >= 4 is 11.3 Å². The highest BCUT2D eigenvalue weighted by molar-refractivity contribution is 7.10. The van der Waals surface area contributed by atoms with E-state index < -0.39 is 5.60 Å². The summed E-state index contributed by atoms with van der Waals surface area (Å²) < 4.78 is 10.7. The monoisotopic (exact) mass is 292 g/mol. The Morgan fingerprint density at radius 3 is 2.60 bits per heavy atom. The summed E-state index contributed by atoms with van der Waals surface area (Å²) in [6, 6.07) is 9.62. The highest BCUT2D eigenvalue weighted by atomic mass is 32.1. The SMILES string of the molecule is COCCOc1ccccc1C(C)(O)c1sccc1C. The van der Waals surface area contributed by atoms with Crippen molar-refractivity contribution in [2.24, 2.45) is 0 Å². The number of hydrogen-bond donors (Lipinski definition) is 1. The molecule has 0 bridgehead atoms. The number of rotatable bonds is 6. The molecule has 0 saturated carbocycles. The van der Waals surface area contributed by atoms with Gasteiger partial charge in [0.25, 0.3) is 0 Å². The second-order valence-corrected chi connectivity index (χ2v) is 5.76. The number of aliphatic hydroxyl groups is 1. The molecule has 3 nitrogen and oxygen atoms in total. The minimum Gasteiger partial charge on any atom is -0.491 e. The van der Waals surface area contributed by atoms with Crippen LogP contribution in [-0.2, 0) is 10.3 Å². The summed E-state index contributed by atoms with van der Waals surface area (Å²) in [6.07, 6.45) is 0. The van der Waals surface area contributed by atoms with Gasteiger partial charge < -0.3 is 14.6 Å². The molecule has 1 aromatic carbocycles. The predicted molar refractivity (Wildman–Crippen MR) is 81.5 cm³/mol. The Morgan fingerprint density at radius 2 is 1.95 bits per heavy atom. The summed E-state index contributed by atoms with van der Waals surface area (Å²) in [6.45, 7) is 4.81. The number of benzene rings is 1. The predicted octanol–water partition coefficient (Wildman–Crippen LogP) is 3.34. The molecule has 2 rings (SSSR count). The van der Waals surface area contributed by atoms with Crippen molar-refractivity contribution in [3.63, 3.8) is 0 Å². The Balaban J connectivity index is 2.34. The largest absolute Gasteiger partial charge is 0.491 e. The molecule has 1 unspecified atom stereocenters. The summed E-state index contributed by atoms with van der Waals surface area (Å²) in [7, 11) is 1.64. The van der Waals surface area contributed by atoms with Crippen molar-refractivity contribution in [3.8, 4) is 5.75 Å². The van der Waals surface area contributed by atoms with Crippen molar-refractivity contribution in [1.82, 2.24) is 0 Å². The summed E-state index contributed by atoms with van der Waals surface area (Å²) in [5, 5.41) is 13.0. The molecule has 0 amide bonds. The van der Waals surface area contributed by atoms with E-state index >= 15 is 0 Å². The van der Waals surface area contributed by atoms with Gasteiger partial charge in [0, 0.05) is 17.6 Å². The van der Waals surface area contributed by atoms with E-state index in [0.717, 1.165) is 16.0 Å². The number of aryl methyl sites for hydroxylation is 1. The molecule has 1 heterocycles. The standard InChI is InChI=1S/C16H20O3S/c1-12-8-11-20-15(12)16(2,17)13-6-4-5-7-14(13)19-10-9-18-3/h4-8,11,17H,9-10H2,1-3H3. The molecule has 0 spiro atoms. The van der Waals surface area contributed by atoms with Gasteiger partial charge in [0.15, 0.2) is 0 Å². The molecule has 1 N–H and O–H groups in total. The first-order valence-electron chi connectivity index (χ1n) is 6.55. The third kappa shape index (κ3) is 3.03. The first-order valence-corrected chi connectivity index (χ1v) is 7.43. The van der Waals surface area contributed by atoms with E-state index in [4.69, 9.17) is 9.47 Å². The van der Waals surface area contributed by atoms with Crippen LogP contribution >= 0.6 is 11.3 Å². The van der Waals surface area contributed by atoms with E-state index in [1.165, 1.54) is 0 Å². The van der Waals surface area contributed by atoms with Gasteiger partial charge in [-0.15, -0.1) is 11.3 Å². The van der Waals surface area contributed by atoms with E-state index in [1.54, 1.807) is 18.4 Å². The van der Waals surface area contributed by atoms with Crippen LogP contribution in [0.15, 0.2) is 35.7 Å². The second kappa shape index (κ2) is 6.39. The molecule has 1 aromatic heterocycles. The Morgan fingerprint density at radius 1 is 1.20 bits per heavy atom. The van der Waals surface area contributed by atoms with Crippen LogP contribution in [0, 0.1) is 6.92 Å². The molecule has 2 aromatic rings. The lowest BCUT2D eigenvalue weighted by Gasteiger charge is -2.26. The van der Waals surface area contributed by atoms with Gasteiger partial charge in [-0.1, -0.05) is 18.2 Å². The van der Waals surface area contributed by atoms with E-state index in [1.807, 2.05) is 49.6 Å². The minimum atomic E-state index is -1.05. The molecule has 108 valence electrons. The third-order valence-electron chi connectivity index (χ3n) is 3.26. The van der Waals surface area contributed by atoms with Gasteiger partial charge in [-0.3, -0.25) is 0 Å². The zero-order valence-corrected chi connectivity index (χ0v) is 12.9. The average Bonchev–Trinajstić information content (AvgIpc) is 2.86. The summed E-state index contributed by atoms with van der Waals surface area (Å²) in [4.78, 5) is 0.945. The van der Waals surface area contributed by atoms with Crippen LogP contribution in [0.5, 0.6) is 5.75 Å². The third-order valence-corrected chi connectivity index (χ3v) is 4.49. The molecule has 0 aliphatic heterocycles. The Bertz CT molecular complexity index is 560. The molecular formula is C16H20O3S. The van der Waals surface area contributed by atoms with Crippen LogP contribution in [0.3, 0.4) is 0 Å². The molecular weight excluding hydrogens is 272 g/mol. The van der Waals surface area contributed by atoms with Crippen molar-refractivity contribution in [2.75, 3.05) is 20.3 Å². The lowest BCUT2D eigenvalue weighted by molar-refractivity contribution is 0.0972. The highest BCUT2D eigenvalue weighted by Gasteiger charge is 2.31. The number of para-hydroxylation sites is 1. The number of methoxy groups -OCH3 is 1. The molecule has 0 aliphatic rings. The van der Waals surface area contributed by atoms with E-state index in [9.17, 15) is 5.11 Å².